The van der Waals surface area contributed by atoms with Crippen molar-refractivity contribution in [2.24, 2.45) is 17.8 Å². The van der Waals surface area contributed by atoms with E-state index in [1.165, 1.54) is 0 Å². The molecule has 2 N–H and O–H groups in total. The lowest BCUT2D eigenvalue weighted by Crippen LogP contribution is -2.17. The SMILES string of the molecule is C=C(C(=O)O)C(C=C(CC(CC)CCCC)C(=O)O)CC(CC)CCCC. The Kier molecular flexibility index (Phi) is 13.6. The standard InChI is InChI=1S/C23H40O4/c1-6-10-12-18(8-3)14-20(17(5)22(24)25)16-21(23(26)27)15-19(9-4)13-11-7-2/h16,18-20H,5-15H2,1-4H3,(H,24,25)(H,26,27). The van der Waals surface area contributed by atoms with E-state index in [2.05, 4.69) is 34.3 Å². The van der Waals surface area contributed by atoms with Gasteiger partial charge in [0, 0.05) is 17.1 Å². The molecule has 0 aromatic carbocycles. The summed E-state index contributed by atoms with van der Waals surface area (Å²) in [4.78, 5) is 23.4. The van der Waals surface area contributed by atoms with E-state index in [1.807, 2.05) is 0 Å². The molecule has 0 aliphatic rings. The van der Waals surface area contributed by atoms with Crippen LogP contribution in [0.3, 0.4) is 0 Å². The first-order chi connectivity index (χ1) is 12.8. The van der Waals surface area contributed by atoms with Crippen LogP contribution in [0.2, 0.25) is 0 Å². The Morgan fingerprint density at radius 3 is 1.81 bits per heavy atom. The highest BCUT2D eigenvalue weighted by Crippen LogP contribution is 2.30. The van der Waals surface area contributed by atoms with E-state index in [0.29, 0.717) is 30.3 Å². The quantitative estimate of drug-likeness (QED) is 0.301. The van der Waals surface area contributed by atoms with Gasteiger partial charge in [-0.05, 0) is 24.7 Å². The van der Waals surface area contributed by atoms with Crippen LogP contribution in [0.1, 0.15) is 91.9 Å². The summed E-state index contributed by atoms with van der Waals surface area (Å²) in [7, 11) is 0. The molecule has 0 heterocycles. The van der Waals surface area contributed by atoms with Crippen LogP contribution >= 0.6 is 0 Å². The van der Waals surface area contributed by atoms with Crippen LogP contribution in [0, 0.1) is 17.8 Å². The number of hydrogen-bond acceptors (Lipinski definition) is 2. The normalized spacial score (nSPS) is 15.2. The molecule has 3 unspecified atom stereocenters. The molecule has 0 bridgehead atoms. The molecule has 3 atom stereocenters. The molecule has 0 aromatic heterocycles. The van der Waals surface area contributed by atoms with Gasteiger partial charge >= 0.3 is 11.9 Å². The molecule has 156 valence electrons. The number of carboxylic acid groups (broad SMARTS) is 2. The molecule has 0 rings (SSSR count). The zero-order chi connectivity index (χ0) is 20.8. The van der Waals surface area contributed by atoms with E-state index in [1.54, 1.807) is 6.08 Å². The number of aliphatic carboxylic acids is 2. The number of carboxylic acids is 2. The first-order valence-electron chi connectivity index (χ1n) is 10.7. The van der Waals surface area contributed by atoms with Crippen LogP contribution < -0.4 is 0 Å². The minimum Gasteiger partial charge on any atom is -0.478 e. The minimum absolute atomic E-state index is 0.102. The van der Waals surface area contributed by atoms with Crippen LogP contribution in [-0.2, 0) is 9.59 Å². The van der Waals surface area contributed by atoms with Gasteiger partial charge in [0.1, 0.15) is 0 Å². The maximum absolute atomic E-state index is 11.8. The summed E-state index contributed by atoms with van der Waals surface area (Å²) in [6, 6.07) is 0. The molecular formula is C23H40O4. The summed E-state index contributed by atoms with van der Waals surface area (Å²) in [6.07, 6.45) is 11.2. The Morgan fingerprint density at radius 2 is 1.41 bits per heavy atom. The second kappa shape index (κ2) is 14.5. The molecule has 0 saturated heterocycles. The largest absolute Gasteiger partial charge is 0.478 e. The van der Waals surface area contributed by atoms with Crippen LogP contribution in [0.5, 0.6) is 0 Å². The molecule has 0 aromatic rings. The highest BCUT2D eigenvalue weighted by atomic mass is 16.4. The predicted molar refractivity (Wildman–Crippen MR) is 112 cm³/mol. The third kappa shape index (κ3) is 10.4. The Balaban J connectivity index is 5.51. The zero-order valence-corrected chi connectivity index (χ0v) is 17.8. The molecule has 4 nitrogen and oxygen atoms in total. The average Bonchev–Trinajstić information content (AvgIpc) is 2.65. The van der Waals surface area contributed by atoms with Crippen molar-refractivity contribution in [2.75, 3.05) is 0 Å². The molecular weight excluding hydrogens is 340 g/mol. The van der Waals surface area contributed by atoms with Gasteiger partial charge in [-0.3, -0.25) is 0 Å². The minimum atomic E-state index is -1.04. The maximum Gasteiger partial charge on any atom is 0.331 e. The highest BCUT2D eigenvalue weighted by molar-refractivity contribution is 5.89. The van der Waals surface area contributed by atoms with Gasteiger partial charge in [0.2, 0.25) is 0 Å². The number of rotatable bonds is 16. The van der Waals surface area contributed by atoms with E-state index >= 15 is 0 Å². The number of unbranched alkanes of at least 4 members (excludes halogenated alkanes) is 2. The van der Waals surface area contributed by atoms with Gasteiger partial charge in [-0.25, -0.2) is 9.59 Å². The fraction of sp³-hybridized carbons (Fsp3) is 0.739. The van der Waals surface area contributed by atoms with Gasteiger partial charge in [-0.15, -0.1) is 0 Å². The van der Waals surface area contributed by atoms with Crippen molar-refractivity contribution in [1.82, 2.24) is 0 Å². The van der Waals surface area contributed by atoms with Gasteiger partial charge in [-0.2, -0.15) is 0 Å². The van der Waals surface area contributed by atoms with E-state index in [0.717, 1.165) is 51.4 Å². The summed E-state index contributed by atoms with van der Waals surface area (Å²) in [6.45, 7) is 12.2. The van der Waals surface area contributed by atoms with Crippen LogP contribution in [0.4, 0.5) is 0 Å². The summed E-state index contributed by atoms with van der Waals surface area (Å²) >= 11 is 0. The van der Waals surface area contributed by atoms with Gasteiger partial charge < -0.3 is 10.2 Å². The Bertz CT molecular complexity index is 493. The number of hydrogen-bond donors (Lipinski definition) is 2. The van der Waals surface area contributed by atoms with Crippen molar-refractivity contribution in [3.8, 4) is 0 Å². The van der Waals surface area contributed by atoms with E-state index in [9.17, 15) is 19.8 Å². The summed E-state index contributed by atoms with van der Waals surface area (Å²) in [5.41, 5.74) is 0.445. The molecule has 4 heteroatoms. The second-order valence-electron chi connectivity index (χ2n) is 7.71. The van der Waals surface area contributed by atoms with Crippen molar-refractivity contribution in [1.29, 1.82) is 0 Å². The van der Waals surface area contributed by atoms with E-state index in [-0.39, 0.29) is 5.57 Å². The number of allylic oxidation sites excluding steroid dienone is 1. The molecule has 0 spiro atoms. The molecule has 0 aliphatic carbocycles. The fourth-order valence-corrected chi connectivity index (χ4v) is 3.53. The Labute approximate surface area is 165 Å². The van der Waals surface area contributed by atoms with Gasteiger partial charge in [0.15, 0.2) is 0 Å². The van der Waals surface area contributed by atoms with Crippen molar-refractivity contribution in [3.63, 3.8) is 0 Å². The average molecular weight is 381 g/mol. The lowest BCUT2D eigenvalue weighted by Gasteiger charge is -2.22. The topological polar surface area (TPSA) is 74.6 Å². The second-order valence-corrected chi connectivity index (χ2v) is 7.71. The van der Waals surface area contributed by atoms with Crippen LogP contribution in [0.25, 0.3) is 0 Å². The molecule has 0 radical (unpaired) electrons. The molecule has 0 aliphatic heterocycles. The third-order valence-electron chi connectivity index (χ3n) is 5.58. The number of carbonyl (C=O) groups is 2. The lowest BCUT2D eigenvalue weighted by atomic mass is 9.82. The van der Waals surface area contributed by atoms with Crippen molar-refractivity contribution in [3.05, 3.63) is 23.8 Å². The van der Waals surface area contributed by atoms with E-state index in [4.69, 9.17) is 0 Å². The first kappa shape index (κ1) is 25.4. The molecule has 0 saturated carbocycles. The predicted octanol–water partition coefficient (Wildman–Crippen LogP) is 6.47. The highest BCUT2D eigenvalue weighted by Gasteiger charge is 2.23. The fourth-order valence-electron chi connectivity index (χ4n) is 3.53. The first-order valence-corrected chi connectivity index (χ1v) is 10.7. The lowest BCUT2D eigenvalue weighted by molar-refractivity contribution is -0.134. The smallest absolute Gasteiger partial charge is 0.331 e. The zero-order valence-electron chi connectivity index (χ0n) is 17.8. The van der Waals surface area contributed by atoms with Crippen LogP contribution in [0.15, 0.2) is 23.8 Å². The van der Waals surface area contributed by atoms with Gasteiger partial charge in [-0.1, -0.05) is 91.7 Å². The van der Waals surface area contributed by atoms with E-state index < -0.39 is 17.9 Å². The molecule has 0 fully saturated rings. The van der Waals surface area contributed by atoms with Gasteiger partial charge in [0.25, 0.3) is 0 Å². The van der Waals surface area contributed by atoms with Crippen molar-refractivity contribution < 1.29 is 19.8 Å². The van der Waals surface area contributed by atoms with Crippen molar-refractivity contribution >= 4 is 11.9 Å². The Hall–Kier alpha value is -1.58. The Morgan fingerprint density at radius 1 is 0.889 bits per heavy atom. The van der Waals surface area contributed by atoms with Gasteiger partial charge in [0.05, 0.1) is 0 Å². The maximum atomic E-state index is 11.8. The summed E-state index contributed by atoms with van der Waals surface area (Å²) in [5.74, 6) is -1.68. The summed E-state index contributed by atoms with van der Waals surface area (Å²) in [5, 5.41) is 19.1. The molecule has 27 heavy (non-hydrogen) atoms. The summed E-state index contributed by atoms with van der Waals surface area (Å²) < 4.78 is 0. The third-order valence-corrected chi connectivity index (χ3v) is 5.58. The van der Waals surface area contributed by atoms with Crippen LogP contribution in [-0.4, -0.2) is 22.2 Å². The molecule has 0 amide bonds. The monoisotopic (exact) mass is 380 g/mol. The van der Waals surface area contributed by atoms with Crippen molar-refractivity contribution in [2.45, 2.75) is 91.9 Å².